The quantitative estimate of drug-likeness (QED) is 0.223. The molecule has 0 spiro atoms. The Kier molecular flexibility index (Phi) is 8.21. The van der Waals surface area contributed by atoms with Crippen LogP contribution in [0.5, 0.6) is 11.6 Å². The normalized spacial score (nSPS) is 11.1. The first-order chi connectivity index (χ1) is 19.4. The van der Waals surface area contributed by atoms with Gasteiger partial charge in [0.2, 0.25) is 5.88 Å². The van der Waals surface area contributed by atoms with Crippen LogP contribution in [0.4, 0.5) is 11.5 Å². The Morgan fingerprint density at radius 3 is 2.10 bits per heavy atom. The summed E-state index contributed by atoms with van der Waals surface area (Å²) >= 11 is 0. The molecule has 0 atom stereocenters. The van der Waals surface area contributed by atoms with E-state index in [1.165, 1.54) is 18.2 Å². The van der Waals surface area contributed by atoms with Crippen LogP contribution in [0.1, 0.15) is 5.56 Å². The van der Waals surface area contributed by atoms with Crippen molar-refractivity contribution >= 4 is 49.2 Å². The number of benzene rings is 5. The van der Waals surface area contributed by atoms with Gasteiger partial charge in [-0.3, -0.25) is 0 Å². The first-order valence-electron chi connectivity index (χ1n) is 12.4. The van der Waals surface area contributed by atoms with E-state index in [2.05, 4.69) is 21.9 Å². The number of anilines is 2. The number of nitrogens with one attached hydrogen (secondary N) is 1. The van der Waals surface area contributed by atoms with E-state index in [-0.39, 0.29) is 45.9 Å². The molecule has 196 valence electrons. The predicted octanol–water partition coefficient (Wildman–Crippen LogP) is 4.54. The minimum absolute atomic E-state index is 0. The molecule has 41 heavy (non-hydrogen) atoms. The number of fused-ring (bicyclic) bond motifs is 2. The van der Waals surface area contributed by atoms with E-state index in [0.29, 0.717) is 23.1 Å². The fourth-order valence-electron chi connectivity index (χ4n) is 4.50. The van der Waals surface area contributed by atoms with E-state index >= 15 is 0 Å². The van der Waals surface area contributed by atoms with E-state index in [4.69, 9.17) is 4.74 Å². The minimum Gasteiger partial charge on any atom is -0.744 e. The molecule has 0 unspecified atom stereocenters. The Morgan fingerprint density at radius 1 is 0.756 bits per heavy atom. The summed E-state index contributed by atoms with van der Waals surface area (Å²) in [4.78, 5) is 8.99. The van der Waals surface area contributed by atoms with Crippen LogP contribution in [0.2, 0.25) is 0 Å². The van der Waals surface area contributed by atoms with Gasteiger partial charge in [-0.25, -0.2) is 13.4 Å². The van der Waals surface area contributed by atoms with Crippen molar-refractivity contribution in [1.82, 2.24) is 9.97 Å². The van der Waals surface area contributed by atoms with Gasteiger partial charge in [-0.1, -0.05) is 85.5 Å². The standard InChI is InChI=1S/C32H23N3O4S.Na/c1-2-21-13-15-27(19-29(21)40(36,37)38)33-30-20-31(39-28-16-14-23-8-4-6-10-25(23)18-28)35-32(34-30)26-12-11-22-7-3-5-9-24(22)17-26;/h2-20H,1H2,(H,33,34,35)(H,36,37,38);/q;+1/p-1. The van der Waals surface area contributed by atoms with Crippen LogP contribution in [-0.2, 0) is 10.1 Å². The van der Waals surface area contributed by atoms with Crippen LogP contribution in [0.25, 0.3) is 39.0 Å². The summed E-state index contributed by atoms with van der Waals surface area (Å²) in [6, 6.07) is 33.7. The molecule has 0 amide bonds. The Morgan fingerprint density at radius 2 is 1.41 bits per heavy atom. The largest absolute Gasteiger partial charge is 1.00 e. The molecule has 6 aromatic rings. The monoisotopic (exact) mass is 567 g/mol. The second-order valence-corrected chi connectivity index (χ2v) is 10.5. The molecule has 1 N–H and O–H groups in total. The van der Waals surface area contributed by atoms with Crippen molar-refractivity contribution < 1.29 is 47.3 Å². The van der Waals surface area contributed by atoms with Gasteiger partial charge in [-0.2, -0.15) is 4.98 Å². The fourth-order valence-corrected chi connectivity index (χ4v) is 5.21. The minimum atomic E-state index is -4.72. The average Bonchev–Trinajstić information content (AvgIpc) is 2.96. The maximum absolute atomic E-state index is 11.8. The molecule has 5 aromatic carbocycles. The third kappa shape index (κ3) is 6.32. The van der Waals surface area contributed by atoms with Gasteiger partial charge in [0.15, 0.2) is 5.82 Å². The number of nitrogens with zero attached hydrogens (tertiary/aromatic N) is 2. The van der Waals surface area contributed by atoms with Gasteiger partial charge in [0, 0.05) is 17.3 Å². The van der Waals surface area contributed by atoms with Crippen LogP contribution < -0.4 is 39.6 Å². The van der Waals surface area contributed by atoms with Gasteiger partial charge in [0.25, 0.3) is 0 Å². The third-order valence-corrected chi connectivity index (χ3v) is 7.32. The number of aromatic nitrogens is 2. The van der Waals surface area contributed by atoms with E-state index < -0.39 is 10.1 Å². The van der Waals surface area contributed by atoms with Crippen molar-refractivity contribution in [2.75, 3.05) is 5.32 Å². The van der Waals surface area contributed by atoms with Crippen LogP contribution in [0.15, 0.2) is 121 Å². The Balaban J connectivity index is 0.00000337. The van der Waals surface area contributed by atoms with Gasteiger partial charge in [-0.15, -0.1) is 0 Å². The summed E-state index contributed by atoms with van der Waals surface area (Å²) in [5.41, 5.74) is 1.36. The second-order valence-electron chi connectivity index (χ2n) is 9.12. The van der Waals surface area contributed by atoms with Crippen LogP contribution in [0.3, 0.4) is 0 Å². The predicted molar refractivity (Wildman–Crippen MR) is 157 cm³/mol. The van der Waals surface area contributed by atoms with E-state index in [9.17, 15) is 13.0 Å². The van der Waals surface area contributed by atoms with Gasteiger partial charge >= 0.3 is 29.6 Å². The Bertz CT molecular complexity index is 2030. The van der Waals surface area contributed by atoms with E-state index in [1.54, 1.807) is 12.1 Å². The molecule has 6 rings (SSSR count). The van der Waals surface area contributed by atoms with Crippen molar-refractivity contribution in [3.05, 3.63) is 121 Å². The van der Waals surface area contributed by atoms with Gasteiger partial charge < -0.3 is 14.6 Å². The van der Waals surface area contributed by atoms with Crippen molar-refractivity contribution in [1.29, 1.82) is 0 Å². The smallest absolute Gasteiger partial charge is 0.744 e. The van der Waals surface area contributed by atoms with Crippen molar-refractivity contribution in [2.45, 2.75) is 4.90 Å². The first kappa shape index (κ1) is 28.5. The van der Waals surface area contributed by atoms with Crippen molar-refractivity contribution in [2.24, 2.45) is 0 Å². The zero-order chi connectivity index (χ0) is 27.7. The molecule has 0 aliphatic rings. The summed E-state index contributed by atoms with van der Waals surface area (Å²) in [5.74, 6) is 1.65. The molecular weight excluding hydrogens is 545 g/mol. The third-order valence-electron chi connectivity index (χ3n) is 6.43. The fraction of sp³-hybridized carbons (Fsp3) is 0. The summed E-state index contributed by atoms with van der Waals surface area (Å²) in [6.45, 7) is 3.59. The van der Waals surface area contributed by atoms with Crippen LogP contribution in [-0.4, -0.2) is 22.9 Å². The molecule has 0 saturated carbocycles. The van der Waals surface area contributed by atoms with Crippen molar-refractivity contribution in [3.8, 4) is 23.0 Å². The topological polar surface area (TPSA) is 104 Å². The zero-order valence-corrected chi connectivity index (χ0v) is 24.9. The first-order valence-corrected chi connectivity index (χ1v) is 13.8. The summed E-state index contributed by atoms with van der Waals surface area (Å²) in [6.07, 6.45) is 1.33. The maximum Gasteiger partial charge on any atom is 1.00 e. The molecule has 0 aliphatic heterocycles. The molecule has 0 saturated heterocycles. The molecule has 0 fully saturated rings. The average molecular weight is 568 g/mol. The molecule has 0 bridgehead atoms. The number of hydrogen-bond acceptors (Lipinski definition) is 7. The van der Waals surface area contributed by atoms with Gasteiger partial charge in [-0.05, 0) is 57.4 Å². The summed E-state index contributed by atoms with van der Waals surface area (Å²) in [7, 11) is -4.72. The van der Waals surface area contributed by atoms with Crippen molar-refractivity contribution in [3.63, 3.8) is 0 Å². The van der Waals surface area contributed by atoms with Gasteiger partial charge in [0.05, 0.1) is 4.90 Å². The SMILES string of the molecule is C=Cc1ccc(Nc2cc(Oc3ccc4ccccc4c3)nc(-c3ccc4ccccc4c3)n2)cc1S(=O)(=O)[O-].[Na+]. The molecule has 7 nitrogen and oxygen atoms in total. The Labute approximate surface area is 259 Å². The molecule has 1 heterocycles. The second kappa shape index (κ2) is 11.8. The van der Waals surface area contributed by atoms with Crippen LogP contribution >= 0.6 is 0 Å². The maximum atomic E-state index is 11.8. The number of hydrogen-bond donors (Lipinski definition) is 1. The van der Waals surface area contributed by atoms with Crippen LogP contribution in [0, 0.1) is 0 Å². The molecule has 0 aliphatic carbocycles. The zero-order valence-electron chi connectivity index (χ0n) is 22.1. The summed E-state index contributed by atoms with van der Waals surface area (Å²) in [5, 5.41) is 7.33. The Hall–Kier alpha value is -4.05. The number of rotatable bonds is 7. The molecule has 0 radical (unpaired) electrons. The summed E-state index contributed by atoms with van der Waals surface area (Å²) < 4.78 is 41.7. The van der Waals surface area contributed by atoms with E-state index in [0.717, 1.165) is 27.1 Å². The molecule has 1 aromatic heterocycles. The number of ether oxygens (including phenoxy) is 1. The molecular formula is C32H22N3NaO4S. The molecule has 9 heteroatoms. The van der Waals surface area contributed by atoms with Gasteiger partial charge in [0.1, 0.15) is 21.7 Å². The van der Waals surface area contributed by atoms with E-state index in [1.807, 2.05) is 84.9 Å².